The van der Waals surface area contributed by atoms with E-state index >= 15 is 0 Å². The minimum atomic E-state index is 0.569. The van der Waals surface area contributed by atoms with Crippen molar-refractivity contribution in [3.05, 3.63) is 35.4 Å². The van der Waals surface area contributed by atoms with E-state index in [2.05, 4.69) is 56.9 Å². The van der Waals surface area contributed by atoms with Gasteiger partial charge in [-0.1, -0.05) is 45.0 Å². The van der Waals surface area contributed by atoms with Gasteiger partial charge >= 0.3 is 0 Å². The van der Waals surface area contributed by atoms with E-state index in [4.69, 9.17) is 0 Å². The molecule has 0 radical (unpaired) electrons. The van der Waals surface area contributed by atoms with Crippen LogP contribution in [0.25, 0.3) is 0 Å². The van der Waals surface area contributed by atoms with Crippen LogP contribution in [-0.4, -0.2) is 18.0 Å². The lowest BCUT2D eigenvalue weighted by atomic mass is 9.86. The molecule has 0 unspecified atom stereocenters. The third-order valence-corrected chi connectivity index (χ3v) is 4.91. The summed E-state index contributed by atoms with van der Waals surface area (Å²) < 4.78 is 0. The van der Waals surface area contributed by atoms with Gasteiger partial charge in [-0.2, -0.15) is 0 Å². The minimum Gasteiger partial charge on any atom is -0.297 e. The maximum Gasteiger partial charge on any atom is 0.0319 e. The number of piperidine rings is 1. The van der Waals surface area contributed by atoms with E-state index in [1.165, 1.54) is 37.1 Å². The SMILES string of the molecule is CCc1cccc([C@H](C)N2CCC(C(C)C)CC2)c1. The molecule has 0 aliphatic carbocycles. The molecule has 1 aromatic rings. The van der Waals surface area contributed by atoms with E-state index in [1.54, 1.807) is 0 Å². The number of hydrogen-bond donors (Lipinski definition) is 0. The second-order valence-corrected chi connectivity index (χ2v) is 6.39. The van der Waals surface area contributed by atoms with Crippen molar-refractivity contribution < 1.29 is 0 Å². The Morgan fingerprint density at radius 1 is 1.16 bits per heavy atom. The van der Waals surface area contributed by atoms with Crippen molar-refractivity contribution in [1.29, 1.82) is 0 Å². The highest BCUT2D eigenvalue weighted by Gasteiger charge is 2.24. The molecule has 0 amide bonds. The third kappa shape index (κ3) is 3.60. The summed E-state index contributed by atoms with van der Waals surface area (Å²) in [5.41, 5.74) is 2.95. The van der Waals surface area contributed by atoms with Crippen LogP contribution in [0.2, 0.25) is 0 Å². The highest BCUT2D eigenvalue weighted by atomic mass is 15.2. The fourth-order valence-electron chi connectivity index (χ4n) is 3.26. The molecular weight excluding hydrogens is 230 g/mol. The molecular formula is C18H29N. The van der Waals surface area contributed by atoms with Gasteiger partial charge in [0.1, 0.15) is 0 Å². The zero-order chi connectivity index (χ0) is 13.8. The summed E-state index contributed by atoms with van der Waals surface area (Å²) in [5, 5.41) is 0. The Morgan fingerprint density at radius 3 is 2.42 bits per heavy atom. The molecule has 2 rings (SSSR count). The third-order valence-electron chi connectivity index (χ3n) is 4.91. The standard InChI is InChI=1S/C18H29N/c1-5-16-7-6-8-18(13-16)15(4)19-11-9-17(10-12-19)14(2)3/h6-8,13-15,17H,5,9-12H2,1-4H3/t15-/m0/s1. The monoisotopic (exact) mass is 259 g/mol. The second-order valence-electron chi connectivity index (χ2n) is 6.39. The molecule has 1 atom stereocenters. The maximum absolute atomic E-state index is 2.66. The molecule has 0 N–H and O–H groups in total. The van der Waals surface area contributed by atoms with Gasteiger partial charge in [-0.25, -0.2) is 0 Å². The fourth-order valence-corrected chi connectivity index (χ4v) is 3.26. The predicted molar refractivity (Wildman–Crippen MR) is 83.4 cm³/mol. The van der Waals surface area contributed by atoms with Crippen LogP contribution in [0.4, 0.5) is 0 Å². The highest BCUT2D eigenvalue weighted by molar-refractivity contribution is 5.25. The first-order valence-corrected chi connectivity index (χ1v) is 7.94. The Hall–Kier alpha value is -0.820. The van der Waals surface area contributed by atoms with E-state index in [1.807, 2.05) is 0 Å². The van der Waals surface area contributed by atoms with Crippen molar-refractivity contribution in [1.82, 2.24) is 4.90 Å². The van der Waals surface area contributed by atoms with E-state index in [0.717, 1.165) is 18.3 Å². The van der Waals surface area contributed by atoms with Gasteiger partial charge in [-0.05, 0) is 62.2 Å². The van der Waals surface area contributed by atoms with Gasteiger partial charge < -0.3 is 0 Å². The topological polar surface area (TPSA) is 3.24 Å². The number of benzene rings is 1. The van der Waals surface area contributed by atoms with Crippen molar-refractivity contribution in [3.8, 4) is 0 Å². The van der Waals surface area contributed by atoms with Crippen molar-refractivity contribution >= 4 is 0 Å². The molecule has 1 aliphatic heterocycles. The second kappa shape index (κ2) is 6.56. The quantitative estimate of drug-likeness (QED) is 0.759. The molecule has 1 nitrogen and oxygen atoms in total. The Kier molecular flexibility index (Phi) is 5.04. The summed E-state index contributed by atoms with van der Waals surface area (Å²) in [6.07, 6.45) is 3.88. The lowest BCUT2D eigenvalue weighted by Gasteiger charge is -2.37. The van der Waals surface area contributed by atoms with Crippen LogP contribution >= 0.6 is 0 Å². The van der Waals surface area contributed by atoms with Gasteiger partial charge in [-0.15, -0.1) is 0 Å². The van der Waals surface area contributed by atoms with Crippen LogP contribution in [0.1, 0.15) is 57.7 Å². The molecule has 1 heteroatoms. The molecule has 1 aliphatic rings. The average molecular weight is 259 g/mol. The molecule has 0 saturated carbocycles. The summed E-state index contributed by atoms with van der Waals surface area (Å²) in [6.45, 7) is 11.9. The largest absolute Gasteiger partial charge is 0.297 e. The van der Waals surface area contributed by atoms with Gasteiger partial charge in [0.25, 0.3) is 0 Å². The van der Waals surface area contributed by atoms with Crippen LogP contribution in [0, 0.1) is 11.8 Å². The van der Waals surface area contributed by atoms with Crippen LogP contribution in [0.15, 0.2) is 24.3 Å². The first-order chi connectivity index (χ1) is 9.11. The van der Waals surface area contributed by atoms with Crippen LogP contribution in [-0.2, 0) is 6.42 Å². The van der Waals surface area contributed by atoms with Crippen LogP contribution in [0.3, 0.4) is 0 Å². The number of likely N-dealkylation sites (tertiary alicyclic amines) is 1. The van der Waals surface area contributed by atoms with E-state index in [0.29, 0.717) is 6.04 Å². The van der Waals surface area contributed by atoms with E-state index in [9.17, 15) is 0 Å². The molecule has 0 spiro atoms. The number of hydrogen-bond acceptors (Lipinski definition) is 1. The lowest BCUT2D eigenvalue weighted by Crippen LogP contribution is -2.37. The minimum absolute atomic E-state index is 0.569. The van der Waals surface area contributed by atoms with Crippen LogP contribution in [0.5, 0.6) is 0 Å². The summed E-state index contributed by atoms with van der Waals surface area (Å²) in [5.74, 6) is 1.78. The molecule has 106 valence electrons. The number of rotatable bonds is 4. The summed E-state index contributed by atoms with van der Waals surface area (Å²) in [6, 6.07) is 9.70. The van der Waals surface area contributed by atoms with Gasteiger partial charge in [0.2, 0.25) is 0 Å². The van der Waals surface area contributed by atoms with Gasteiger partial charge in [0.05, 0.1) is 0 Å². The zero-order valence-corrected chi connectivity index (χ0v) is 13.0. The Bertz CT molecular complexity index is 388. The van der Waals surface area contributed by atoms with Crippen molar-refractivity contribution in [2.45, 2.75) is 53.0 Å². The smallest absolute Gasteiger partial charge is 0.0319 e. The predicted octanol–water partition coefficient (Wildman–Crippen LogP) is 4.68. The molecule has 1 saturated heterocycles. The highest BCUT2D eigenvalue weighted by Crippen LogP contribution is 2.30. The lowest BCUT2D eigenvalue weighted by molar-refractivity contribution is 0.122. The van der Waals surface area contributed by atoms with Gasteiger partial charge in [0, 0.05) is 6.04 Å². The Balaban J connectivity index is 1.98. The Morgan fingerprint density at radius 2 is 1.84 bits per heavy atom. The van der Waals surface area contributed by atoms with Crippen molar-refractivity contribution in [2.75, 3.05) is 13.1 Å². The summed E-state index contributed by atoms with van der Waals surface area (Å²) in [7, 11) is 0. The number of nitrogens with zero attached hydrogens (tertiary/aromatic N) is 1. The average Bonchev–Trinajstić information content (AvgIpc) is 2.46. The Labute approximate surface area is 119 Å². The fraction of sp³-hybridized carbons (Fsp3) is 0.667. The van der Waals surface area contributed by atoms with Gasteiger partial charge in [0.15, 0.2) is 0 Å². The molecule has 1 aromatic carbocycles. The molecule has 1 fully saturated rings. The van der Waals surface area contributed by atoms with Crippen molar-refractivity contribution in [2.24, 2.45) is 11.8 Å². The van der Waals surface area contributed by atoms with Crippen molar-refractivity contribution in [3.63, 3.8) is 0 Å². The van der Waals surface area contributed by atoms with E-state index in [-0.39, 0.29) is 0 Å². The van der Waals surface area contributed by atoms with Gasteiger partial charge in [-0.3, -0.25) is 4.90 Å². The van der Waals surface area contributed by atoms with Crippen LogP contribution < -0.4 is 0 Å². The number of aryl methyl sites for hydroxylation is 1. The zero-order valence-electron chi connectivity index (χ0n) is 13.0. The first kappa shape index (κ1) is 14.6. The maximum atomic E-state index is 2.66. The molecule has 0 aromatic heterocycles. The molecule has 0 bridgehead atoms. The summed E-state index contributed by atoms with van der Waals surface area (Å²) >= 11 is 0. The normalized spacial score (nSPS) is 19.8. The van der Waals surface area contributed by atoms with E-state index < -0.39 is 0 Å². The molecule has 19 heavy (non-hydrogen) atoms. The summed E-state index contributed by atoms with van der Waals surface area (Å²) in [4.78, 5) is 2.66. The molecule has 1 heterocycles. The first-order valence-electron chi connectivity index (χ1n) is 7.94.